The molecular weight excluding hydrogens is 379 g/mol. The van der Waals surface area contributed by atoms with Gasteiger partial charge in [-0.15, -0.1) is 11.3 Å². The van der Waals surface area contributed by atoms with Gasteiger partial charge in [0.25, 0.3) is 5.91 Å². The molecule has 2 aliphatic heterocycles. The summed E-state index contributed by atoms with van der Waals surface area (Å²) in [5.74, 6) is -0.478. The minimum atomic E-state index is -0.478. The number of nitrogens with one attached hydrogen (secondary N) is 3. The lowest BCUT2D eigenvalue weighted by molar-refractivity contribution is 0.1000. The number of carbonyl (C=O) groups is 2. The SMILES string of the molecule is NC(=O)c1c(NC(=O)NI)sc2c1C1CCC(C2)N1. The maximum absolute atomic E-state index is 11.7. The van der Waals surface area contributed by atoms with Crippen LogP contribution in [0.15, 0.2) is 0 Å². The summed E-state index contributed by atoms with van der Waals surface area (Å²) in [5.41, 5.74) is 6.96. The number of hydrogen-bond donors (Lipinski definition) is 4. The van der Waals surface area contributed by atoms with Crippen molar-refractivity contribution >= 4 is 51.1 Å². The van der Waals surface area contributed by atoms with Gasteiger partial charge < -0.3 is 11.1 Å². The molecule has 0 aliphatic carbocycles. The molecule has 0 spiro atoms. The lowest BCUT2D eigenvalue weighted by Gasteiger charge is -2.22. The Kier molecular flexibility index (Phi) is 3.39. The van der Waals surface area contributed by atoms with Crippen molar-refractivity contribution in [1.82, 2.24) is 8.85 Å². The van der Waals surface area contributed by atoms with Crippen LogP contribution in [-0.2, 0) is 6.42 Å². The third kappa shape index (κ3) is 2.21. The highest BCUT2D eigenvalue weighted by Gasteiger charge is 2.38. The Labute approximate surface area is 128 Å². The Morgan fingerprint density at radius 3 is 2.89 bits per heavy atom. The number of carbonyl (C=O) groups excluding carboxylic acids is 2. The van der Waals surface area contributed by atoms with Crippen LogP contribution in [0, 0.1) is 0 Å². The minimum Gasteiger partial charge on any atom is -0.365 e. The Morgan fingerprint density at radius 1 is 1.42 bits per heavy atom. The maximum Gasteiger partial charge on any atom is 0.328 e. The fraction of sp³-hybridized carbons (Fsp3) is 0.455. The van der Waals surface area contributed by atoms with Crippen LogP contribution < -0.4 is 19.9 Å². The van der Waals surface area contributed by atoms with Crippen LogP contribution in [0.25, 0.3) is 0 Å². The van der Waals surface area contributed by atoms with Crippen molar-refractivity contribution in [2.75, 3.05) is 5.32 Å². The Bertz CT molecular complexity index is 559. The van der Waals surface area contributed by atoms with E-state index in [4.69, 9.17) is 5.73 Å². The second kappa shape index (κ2) is 4.91. The number of amides is 3. The highest BCUT2D eigenvalue weighted by Crippen LogP contribution is 2.45. The lowest BCUT2D eigenvalue weighted by atomic mass is 9.98. The van der Waals surface area contributed by atoms with Gasteiger partial charge in [0.2, 0.25) is 0 Å². The van der Waals surface area contributed by atoms with E-state index in [0.29, 0.717) is 16.6 Å². The molecule has 0 radical (unpaired) electrons. The van der Waals surface area contributed by atoms with Crippen LogP contribution in [0.4, 0.5) is 9.80 Å². The molecule has 2 atom stereocenters. The zero-order valence-electron chi connectivity index (χ0n) is 9.96. The van der Waals surface area contributed by atoms with E-state index in [1.807, 2.05) is 0 Å². The molecule has 0 saturated carbocycles. The average molecular weight is 392 g/mol. The number of thiophene rings is 1. The fourth-order valence-electron chi connectivity index (χ4n) is 2.90. The minimum absolute atomic E-state index is 0.200. The first-order valence-corrected chi connectivity index (χ1v) is 7.88. The van der Waals surface area contributed by atoms with E-state index in [2.05, 4.69) is 14.2 Å². The van der Waals surface area contributed by atoms with Crippen LogP contribution in [0.2, 0.25) is 0 Å². The number of hydrogen-bond acceptors (Lipinski definition) is 4. The zero-order chi connectivity index (χ0) is 13.6. The Balaban J connectivity index is 2.05. The topological polar surface area (TPSA) is 96.2 Å². The number of rotatable bonds is 2. The lowest BCUT2D eigenvalue weighted by Crippen LogP contribution is -2.32. The summed E-state index contributed by atoms with van der Waals surface area (Å²) in [5, 5.41) is 6.74. The van der Waals surface area contributed by atoms with Gasteiger partial charge in [0, 0.05) is 17.0 Å². The first kappa shape index (κ1) is 13.1. The van der Waals surface area contributed by atoms with Crippen LogP contribution in [0.5, 0.6) is 0 Å². The molecule has 19 heavy (non-hydrogen) atoms. The first-order valence-electron chi connectivity index (χ1n) is 5.99. The number of anilines is 1. The van der Waals surface area contributed by atoms with Crippen LogP contribution in [-0.4, -0.2) is 18.0 Å². The van der Waals surface area contributed by atoms with Gasteiger partial charge in [0.15, 0.2) is 0 Å². The van der Waals surface area contributed by atoms with Crippen LogP contribution >= 0.6 is 34.2 Å². The van der Waals surface area contributed by atoms with Gasteiger partial charge in [0.05, 0.1) is 28.4 Å². The summed E-state index contributed by atoms with van der Waals surface area (Å²) < 4.78 is 2.45. The third-order valence-electron chi connectivity index (χ3n) is 3.60. The van der Waals surface area contributed by atoms with Crippen molar-refractivity contribution in [3.05, 3.63) is 16.0 Å². The molecule has 6 nitrogen and oxygen atoms in total. The third-order valence-corrected chi connectivity index (χ3v) is 5.24. The average Bonchev–Trinajstić information content (AvgIpc) is 2.92. The van der Waals surface area contributed by atoms with E-state index < -0.39 is 5.91 Å². The van der Waals surface area contributed by atoms with Crippen molar-refractivity contribution in [3.8, 4) is 0 Å². The molecule has 102 valence electrons. The summed E-state index contributed by atoms with van der Waals surface area (Å²) >= 11 is 3.21. The van der Waals surface area contributed by atoms with Crippen molar-refractivity contribution in [2.45, 2.75) is 31.3 Å². The second-order valence-corrected chi connectivity index (χ2v) is 6.40. The van der Waals surface area contributed by atoms with Crippen molar-refractivity contribution in [3.63, 3.8) is 0 Å². The summed E-state index contributed by atoms with van der Waals surface area (Å²) in [4.78, 5) is 24.3. The summed E-state index contributed by atoms with van der Waals surface area (Å²) in [6.07, 6.45) is 3.05. The standard InChI is InChI=1S/C11H13IN4O2S/c12-16-11(18)15-10-8(9(13)17)7-5-2-1-4(14-5)3-6(7)19-10/h4-5,14H,1-3H2,(H2,13,17)(H2,15,16,18). The van der Waals surface area contributed by atoms with Crippen molar-refractivity contribution in [1.29, 1.82) is 0 Å². The van der Waals surface area contributed by atoms with Gasteiger partial charge in [-0.3, -0.25) is 13.6 Å². The van der Waals surface area contributed by atoms with Crippen LogP contribution in [0.3, 0.4) is 0 Å². The molecule has 3 rings (SSSR count). The first-order chi connectivity index (χ1) is 9.10. The molecule has 5 N–H and O–H groups in total. The number of fused-ring (bicyclic) bond motifs is 4. The molecule has 2 aliphatic rings. The summed E-state index contributed by atoms with van der Waals surface area (Å²) in [7, 11) is 0. The molecule has 1 fully saturated rings. The van der Waals surface area contributed by atoms with Gasteiger partial charge in [0.1, 0.15) is 5.00 Å². The fourth-order valence-corrected chi connectivity index (χ4v) is 4.38. The number of primary amides is 1. The molecule has 0 aromatic carbocycles. The largest absolute Gasteiger partial charge is 0.365 e. The normalized spacial score (nSPS) is 23.8. The van der Waals surface area contributed by atoms with Gasteiger partial charge >= 0.3 is 6.03 Å². The highest BCUT2D eigenvalue weighted by atomic mass is 127. The van der Waals surface area contributed by atoms with Crippen molar-refractivity contribution in [2.24, 2.45) is 5.73 Å². The van der Waals surface area contributed by atoms with E-state index >= 15 is 0 Å². The molecule has 1 aromatic rings. The molecule has 8 heteroatoms. The highest BCUT2D eigenvalue weighted by molar-refractivity contribution is 14.1. The van der Waals surface area contributed by atoms with E-state index in [1.54, 1.807) is 22.9 Å². The van der Waals surface area contributed by atoms with Gasteiger partial charge in [-0.25, -0.2) is 4.79 Å². The molecular formula is C11H13IN4O2S. The zero-order valence-corrected chi connectivity index (χ0v) is 12.9. The smallest absolute Gasteiger partial charge is 0.328 e. The summed E-state index contributed by atoms with van der Waals surface area (Å²) in [6, 6.07) is 0.341. The van der Waals surface area contributed by atoms with Crippen molar-refractivity contribution < 1.29 is 9.59 Å². The van der Waals surface area contributed by atoms with Gasteiger partial charge in [-0.1, -0.05) is 0 Å². The maximum atomic E-state index is 11.7. The number of urea groups is 1. The number of halogens is 1. The predicted octanol–water partition coefficient (Wildman–Crippen LogP) is 1.67. The van der Waals surface area contributed by atoms with Gasteiger partial charge in [-0.2, -0.15) is 0 Å². The van der Waals surface area contributed by atoms with E-state index in [-0.39, 0.29) is 12.1 Å². The number of nitrogens with two attached hydrogens (primary N) is 1. The molecule has 2 bridgehead atoms. The van der Waals surface area contributed by atoms with Gasteiger partial charge in [-0.05, 0) is 24.8 Å². The Hall–Kier alpha value is -0.870. The molecule has 1 saturated heterocycles. The Morgan fingerprint density at radius 2 is 2.21 bits per heavy atom. The van der Waals surface area contributed by atoms with Crippen LogP contribution in [0.1, 0.15) is 39.7 Å². The second-order valence-electron chi connectivity index (χ2n) is 4.75. The molecule has 3 amide bonds. The predicted molar refractivity (Wildman–Crippen MR) is 81.6 cm³/mol. The van der Waals surface area contributed by atoms with E-state index in [9.17, 15) is 9.59 Å². The summed E-state index contributed by atoms with van der Waals surface area (Å²) in [6.45, 7) is 0. The van der Waals surface area contributed by atoms with E-state index in [0.717, 1.165) is 24.8 Å². The molecule has 2 unspecified atom stereocenters. The quantitative estimate of drug-likeness (QED) is 0.456. The molecule has 1 aromatic heterocycles. The molecule has 3 heterocycles. The monoisotopic (exact) mass is 392 g/mol. The van der Waals surface area contributed by atoms with E-state index in [1.165, 1.54) is 16.2 Å².